The summed E-state index contributed by atoms with van der Waals surface area (Å²) in [6.45, 7) is 2.94. The second-order valence-electron chi connectivity index (χ2n) is 4.95. The Hall–Kier alpha value is -0.610. The van der Waals surface area contributed by atoms with E-state index >= 15 is 0 Å². The number of nitrogens with one attached hydrogen (secondary N) is 1. The molecule has 2 rings (SSSR count). The van der Waals surface area contributed by atoms with E-state index in [1.165, 1.54) is 6.42 Å². The minimum atomic E-state index is 0.0571. The van der Waals surface area contributed by atoms with Crippen LogP contribution in [0, 0.1) is 5.92 Å². The maximum absolute atomic E-state index is 12.2. The van der Waals surface area contributed by atoms with Crippen LogP contribution in [-0.4, -0.2) is 48.2 Å². The van der Waals surface area contributed by atoms with Gasteiger partial charge in [0.1, 0.15) is 0 Å². The van der Waals surface area contributed by atoms with Gasteiger partial charge < -0.3 is 15.3 Å². The summed E-state index contributed by atoms with van der Waals surface area (Å²) in [5.74, 6) is 0.790. The normalized spacial score (nSPS) is 30.7. The first-order valence-corrected chi connectivity index (χ1v) is 6.44. The van der Waals surface area contributed by atoms with Crippen molar-refractivity contribution in [1.29, 1.82) is 0 Å². The van der Waals surface area contributed by atoms with Crippen molar-refractivity contribution in [1.82, 2.24) is 10.2 Å². The van der Waals surface area contributed by atoms with E-state index in [0.717, 1.165) is 45.3 Å². The van der Waals surface area contributed by atoms with E-state index in [4.69, 9.17) is 5.11 Å². The highest BCUT2D eigenvalue weighted by atomic mass is 16.3. The van der Waals surface area contributed by atoms with E-state index in [2.05, 4.69) is 5.32 Å². The largest absolute Gasteiger partial charge is 0.396 e. The Morgan fingerprint density at radius 1 is 1.38 bits per heavy atom. The van der Waals surface area contributed by atoms with Crippen LogP contribution in [0.3, 0.4) is 0 Å². The molecule has 1 unspecified atom stereocenters. The molecule has 2 heterocycles. The van der Waals surface area contributed by atoms with E-state index in [1.54, 1.807) is 0 Å². The number of amides is 1. The van der Waals surface area contributed by atoms with Gasteiger partial charge in [0.05, 0.1) is 6.04 Å². The van der Waals surface area contributed by atoms with Gasteiger partial charge in [-0.1, -0.05) is 6.42 Å². The zero-order valence-corrected chi connectivity index (χ0v) is 9.82. The highest BCUT2D eigenvalue weighted by Crippen LogP contribution is 2.21. The fourth-order valence-corrected chi connectivity index (χ4v) is 2.73. The number of carbonyl (C=O) groups excluding carboxylic acids is 1. The van der Waals surface area contributed by atoms with E-state index in [1.807, 2.05) is 4.90 Å². The van der Waals surface area contributed by atoms with Crippen LogP contribution in [0.15, 0.2) is 0 Å². The van der Waals surface area contributed by atoms with Crippen molar-refractivity contribution in [3.05, 3.63) is 0 Å². The maximum Gasteiger partial charge on any atom is 0.239 e. The molecule has 2 fully saturated rings. The van der Waals surface area contributed by atoms with Crippen LogP contribution in [0.1, 0.15) is 32.1 Å². The lowest BCUT2D eigenvalue weighted by Crippen LogP contribution is -2.47. The zero-order chi connectivity index (χ0) is 11.4. The first-order valence-electron chi connectivity index (χ1n) is 6.44. The minimum Gasteiger partial charge on any atom is -0.396 e. The van der Waals surface area contributed by atoms with Gasteiger partial charge in [-0.3, -0.25) is 4.79 Å². The third kappa shape index (κ3) is 2.74. The molecule has 16 heavy (non-hydrogen) atoms. The lowest BCUT2D eigenvalue weighted by atomic mass is 10.0. The van der Waals surface area contributed by atoms with Gasteiger partial charge in [0.25, 0.3) is 0 Å². The summed E-state index contributed by atoms with van der Waals surface area (Å²) in [6.07, 6.45) is 5.23. The number of aliphatic hydroxyl groups is 1. The quantitative estimate of drug-likeness (QED) is 0.730. The molecule has 4 nitrogen and oxygen atoms in total. The summed E-state index contributed by atoms with van der Waals surface area (Å²) >= 11 is 0. The topological polar surface area (TPSA) is 52.6 Å². The Morgan fingerprint density at radius 3 is 2.94 bits per heavy atom. The molecule has 92 valence electrons. The zero-order valence-electron chi connectivity index (χ0n) is 9.82. The Kier molecular flexibility index (Phi) is 4.18. The second-order valence-corrected chi connectivity index (χ2v) is 4.95. The molecule has 2 atom stereocenters. The number of aliphatic hydroxyl groups excluding tert-OH is 1. The number of hydrogen-bond acceptors (Lipinski definition) is 3. The SMILES string of the molecule is O=C([C@@H]1CCCCN1)N1CCC(CCO)C1. The Morgan fingerprint density at radius 2 is 2.25 bits per heavy atom. The van der Waals surface area contributed by atoms with Crippen molar-refractivity contribution in [2.45, 2.75) is 38.1 Å². The van der Waals surface area contributed by atoms with Crippen molar-refractivity contribution in [3.8, 4) is 0 Å². The summed E-state index contributed by atoms with van der Waals surface area (Å²) in [5.41, 5.74) is 0. The molecule has 0 saturated carbocycles. The lowest BCUT2D eigenvalue weighted by molar-refractivity contribution is -0.133. The first-order chi connectivity index (χ1) is 7.81. The smallest absolute Gasteiger partial charge is 0.239 e. The molecule has 2 aliphatic heterocycles. The van der Waals surface area contributed by atoms with Gasteiger partial charge in [0.15, 0.2) is 0 Å². The van der Waals surface area contributed by atoms with Crippen LogP contribution in [-0.2, 0) is 4.79 Å². The summed E-state index contributed by atoms with van der Waals surface area (Å²) in [6, 6.07) is 0.0571. The van der Waals surface area contributed by atoms with Gasteiger partial charge in [-0.05, 0) is 38.1 Å². The molecule has 2 N–H and O–H groups in total. The molecule has 0 aromatic heterocycles. The third-order valence-electron chi connectivity index (χ3n) is 3.74. The van der Waals surface area contributed by atoms with Gasteiger partial charge in [-0.15, -0.1) is 0 Å². The van der Waals surface area contributed by atoms with Crippen molar-refractivity contribution in [2.24, 2.45) is 5.92 Å². The molecule has 0 spiro atoms. The molecule has 2 aliphatic rings. The standard InChI is InChI=1S/C12H22N2O2/c15-8-5-10-4-7-14(9-10)12(16)11-3-1-2-6-13-11/h10-11,13,15H,1-9H2/t10?,11-/m0/s1. The van der Waals surface area contributed by atoms with Crippen LogP contribution in [0.4, 0.5) is 0 Å². The number of rotatable bonds is 3. The van der Waals surface area contributed by atoms with Crippen LogP contribution in [0.5, 0.6) is 0 Å². The number of likely N-dealkylation sites (tertiary alicyclic amines) is 1. The predicted molar refractivity (Wildman–Crippen MR) is 62.0 cm³/mol. The Balaban J connectivity index is 1.81. The minimum absolute atomic E-state index is 0.0571. The molecule has 0 aliphatic carbocycles. The van der Waals surface area contributed by atoms with Gasteiger partial charge in [-0.2, -0.15) is 0 Å². The van der Waals surface area contributed by atoms with Crippen LogP contribution in [0.25, 0.3) is 0 Å². The predicted octanol–water partition coefficient (Wildman–Crippen LogP) is 0.359. The highest BCUT2D eigenvalue weighted by molar-refractivity contribution is 5.82. The Bertz CT molecular complexity index is 239. The summed E-state index contributed by atoms with van der Waals surface area (Å²) < 4.78 is 0. The van der Waals surface area contributed by atoms with E-state index in [0.29, 0.717) is 5.92 Å². The number of piperidine rings is 1. The molecule has 0 radical (unpaired) electrons. The molecule has 4 heteroatoms. The fourth-order valence-electron chi connectivity index (χ4n) is 2.73. The van der Waals surface area contributed by atoms with Crippen LogP contribution < -0.4 is 5.32 Å². The van der Waals surface area contributed by atoms with Crippen molar-refractivity contribution >= 4 is 5.91 Å². The molecule has 0 bridgehead atoms. The average Bonchev–Trinajstić information content (AvgIpc) is 2.78. The molecular formula is C12H22N2O2. The van der Waals surface area contributed by atoms with Crippen LogP contribution >= 0.6 is 0 Å². The van der Waals surface area contributed by atoms with E-state index in [-0.39, 0.29) is 18.6 Å². The monoisotopic (exact) mass is 226 g/mol. The lowest BCUT2D eigenvalue weighted by Gasteiger charge is -2.27. The molecular weight excluding hydrogens is 204 g/mol. The van der Waals surface area contributed by atoms with Gasteiger partial charge in [0, 0.05) is 19.7 Å². The van der Waals surface area contributed by atoms with Gasteiger partial charge >= 0.3 is 0 Å². The first kappa shape index (κ1) is 11.9. The second kappa shape index (κ2) is 5.64. The van der Waals surface area contributed by atoms with Crippen molar-refractivity contribution in [2.75, 3.05) is 26.2 Å². The molecule has 1 amide bonds. The van der Waals surface area contributed by atoms with Gasteiger partial charge in [0.2, 0.25) is 5.91 Å². The summed E-state index contributed by atoms with van der Waals surface area (Å²) in [4.78, 5) is 14.1. The van der Waals surface area contributed by atoms with Crippen molar-refractivity contribution < 1.29 is 9.90 Å². The summed E-state index contributed by atoms with van der Waals surface area (Å²) in [5, 5.41) is 12.2. The van der Waals surface area contributed by atoms with Crippen molar-refractivity contribution in [3.63, 3.8) is 0 Å². The Labute approximate surface area is 97.0 Å². The highest BCUT2D eigenvalue weighted by Gasteiger charge is 2.30. The van der Waals surface area contributed by atoms with E-state index < -0.39 is 0 Å². The number of carbonyl (C=O) groups is 1. The maximum atomic E-state index is 12.2. The summed E-state index contributed by atoms with van der Waals surface area (Å²) in [7, 11) is 0. The van der Waals surface area contributed by atoms with Gasteiger partial charge in [-0.25, -0.2) is 0 Å². The molecule has 0 aromatic carbocycles. The average molecular weight is 226 g/mol. The number of nitrogens with zero attached hydrogens (tertiary/aromatic N) is 1. The fraction of sp³-hybridized carbons (Fsp3) is 0.917. The molecule has 2 saturated heterocycles. The van der Waals surface area contributed by atoms with E-state index in [9.17, 15) is 4.79 Å². The number of hydrogen-bond donors (Lipinski definition) is 2. The van der Waals surface area contributed by atoms with Crippen LogP contribution in [0.2, 0.25) is 0 Å². The third-order valence-corrected chi connectivity index (χ3v) is 3.74. The molecule has 0 aromatic rings.